The molecule has 0 heterocycles. The Balaban J connectivity index is 1.99. The lowest BCUT2D eigenvalue weighted by molar-refractivity contribution is 0.0474. The van der Waals surface area contributed by atoms with Gasteiger partial charge in [0, 0.05) is 11.3 Å². The number of nitrogens with one attached hydrogen (secondary N) is 1. The van der Waals surface area contributed by atoms with Gasteiger partial charge >= 0.3 is 5.97 Å². The number of aryl methyl sites for hydroxylation is 2. The number of rotatable bonds is 6. The van der Waals surface area contributed by atoms with Gasteiger partial charge in [0.05, 0.1) is 11.8 Å². The van der Waals surface area contributed by atoms with Crippen molar-refractivity contribution in [1.82, 2.24) is 0 Å². The van der Waals surface area contributed by atoms with Crippen LogP contribution in [-0.4, -0.2) is 33.0 Å². The van der Waals surface area contributed by atoms with E-state index in [2.05, 4.69) is 4.72 Å². The summed E-state index contributed by atoms with van der Waals surface area (Å²) < 4.78 is 29.7. The summed E-state index contributed by atoms with van der Waals surface area (Å²) in [4.78, 5) is 24.1. The molecule has 0 aliphatic rings. The van der Waals surface area contributed by atoms with Crippen LogP contribution in [0.2, 0.25) is 0 Å². The molecule has 1 N–H and O–H groups in total. The summed E-state index contributed by atoms with van der Waals surface area (Å²) in [5.74, 6) is -0.931. The highest BCUT2D eigenvalue weighted by molar-refractivity contribution is 7.92. The molecule has 25 heavy (non-hydrogen) atoms. The zero-order valence-corrected chi connectivity index (χ0v) is 15.0. The predicted molar refractivity (Wildman–Crippen MR) is 95.4 cm³/mol. The number of hydrogen-bond acceptors (Lipinski definition) is 5. The molecule has 0 saturated heterocycles. The molecular weight excluding hydrogens is 342 g/mol. The number of esters is 1. The standard InChI is InChI=1S/C18H19NO5S/c1-12-8-13(2)10-15(9-12)18(21)24-11-17(20)14-4-6-16(7-5-14)19-25(3,22)23/h4-10,19H,11H2,1-3H3. The molecule has 0 saturated carbocycles. The van der Waals surface area contributed by atoms with Crippen molar-refractivity contribution >= 4 is 27.5 Å². The van der Waals surface area contributed by atoms with Gasteiger partial charge in [-0.05, 0) is 50.2 Å². The highest BCUT2D eigenvalue weighted by Crippen LogP contribution is 2.13. The topological polar surface area (TPSA) is 89.5 Å². The van der Waals surface area contributed by atoms with Crippen LogP contribution in [0.25, 0.3) is 0 Å². The van der Waals surface area contributed by atoms with Gasteiger partial charge < -0.3 is 4.74 Å². The van der Waals surface area contributed by atoms with E-state index in [1.54, 1.807) is 12.1 Å². The Morgan fingerprint density at radius 2 is 1.52 bits per heavy atom. The number of ether oxygens (including phenoxy) is 1. The number of anilines is 1. The van der Waals surface area contributed by atoms with Crippen LogP contribution in [0.1, 0.15) is 31.8 Å². The molecule has 0 unspecified atom stereocenters. The third-order valence-electron chi connectivity index (χ3n) is 3.30. The molecule has 0 aliphatic heterocycles. The minimum absolute atomic E-state index is 0.326. The molecule has 0 radical (unpaired) electrons. The lowest BCUT2D eigenvalue weighted by Crippen LogP contribution is -2.15. The molecule has 0 aromatic heterocycles. The first-order valence-electron chi connectivity index (χ1n) is 7.50. The summed E-state index contributed by atoms with van der Waals surface area (Å²) >= 11 is 0. The monoisotopic (exact) mass is 361 g/mol. The zero-order chi connectivity index (χ0) is 18.6. The average molecular weight is 361 g/mol. The van der Waals surface area contributed by atoms with E-state index in [9.17, 15) is 18.0 Å². The van der Waals surface area contributed by atoms with Crippen LogP contribution in [0.3, 0.4) is 0 Å². The SMILES string of the molecule is Cc1cc(C)cc(C(=O)OCC(=O)c2ccc(NS(C)(=O)=O)cc2)c1. The number of sulfonamides is 1. The normalized spacial score (nSPS) is 11.0. The van der Waals surface area contributed by atoms with Crippen molar-refractivity contribution in [3.05, 3.63) is 64.7 Å². The Hall–Kier alpha value is -2.67. The molecule has 0 amide bonds. The van der Waals surface area contributed by atoms with Crippen molar-refractivity contribution in [1.29, 1.82) is 0 Å². The van der Waals surface area contributed by atoms with E-state index in [1.165, 1.54) is 24.3 Å². The van der Waals surface area contributed by atoms with Gasteiger partial charge in [0.1, 0.15) is 0 Å². The molecule has 132 valence electrons. The van der Waals surface area contributed by atoms with Crippen molar-refractivity contribution < 1.29 is 22.7 Å². The first-order chi connectivity index (χ1) is 11.6. The maximum absolute atomic E-state index is 12.1. The highest BCUT2D eigenvalue weighted by Gasteiger charge is 2.13. The lowest BCUT2D eigenvalue weighted by atomic mass is 10.1. The van der Waals surface area contributed by atoms with Gasteiger partial charge in [0.2, 0.25) is 10.0 Å². The fourth-order valence-electron chi connectivity index (χ4n) is 2.33. The van der Waals surface area contributed by atoms with Gasteiger partial charge in [-0.15, -0.1) is 0 Å². The third kappa shape index (κ3) is 5.72. The van der Waals surface area contributed by atoms with E-state index in [0.29, 0.717) is 16.8 Å². The van der Waals surface area contributed by atoms with Gasteiger partial charge in [-0.2, -0.15) is 0 Å². The summed E-state index contributed by atoms with van der Waals surface area (Å²) in [7, 11) is -3.37. The van der Waals surface area contributed by atoms with Crippen LogP contribution >= 0.6 is 0 Å². The molecule has 0 atom stereocenters. The number of hydrogen-bond donors (Lipinski definition) is 1. The summed E-state index contributed by atoms with van der Waals surface area (Å²) in [6.07, 6.45) is 1.04. The van der Waals surface area contributed by atoms with E-state index >= 15 is 0 Å². The molecule has 2 aromatic rings. The van der Waals surface area contributed by atoms with Crippen LogP contribution in [-0.2, 0) is 14.8 Å². The number of benzene rings is 2. The van der Waals surface area contributed by atoms with Crippen LogP contribution in [0, 0.1) is 13.8 Å². The molecule has 2 rings (SSSR count). The minimum Gasteiger partial charge on any atom is -0.454 e. The first-order valence-corrected chi connectivity index (χ1v) is 9.40. The zero-order valence-electron chi connectivity index (χ0n) is 14.2. The molecule has 7 heteroatoms. The number of carbonyl (C=O) groups excluding carboxylic acids is 2. The Morgan fingerprint density at radius 1 is 0.960 bits per heavy atom. The number of Topliss-reactive ketones (excluding diaryl/α,β-unsaturated/α-hetero) is 1. The Kier molecular flexibility index (Phi) is 5.58. The van der Waals surface area contributed by atoms with Gasteiger partial charge in [-0.25, -0.2) is 13.2 Å². The Bertz CT molecular complexity index is 881. The smallest absolute Gasteiger partial charge is 0.338 e. The van der Waals surface area contributed by atoms with E-state index in [4.69, 9.17) is 4.74 Å². The quantitative estimate of drug-likeness (QED) is 0.631. The van der Waals surface area contributed by atoms with Crippen molar-refractivity contribution in [2.75, 3.05) is 17.6 Å². The molecule has 6 nitrogen and oxygen atoms in total. The molecule has 0 aliphatic carbocycles. The molecule has 0 spiro atoms. The fraction of sp³-hybridized carbons (Fsp3) is 0.222. The second-order valence-electron chi connectivity index (χ2n) is 5.83. The van der Waals surface area contributed by atoms with Crippen LogP contribution < -0.4 is 4.72 Å². The van der Waals surface area contributed by atoms with E-state index in [0.717, 1.165) is 17.4 Å². The average Bonchev–Trinajstić information content (AvgIpc) is 2.50. The van der Waals surface area contributed by atoms with Crippen LogP contribution in [0.5, 0.6) is 0 Å². The van der Waals surface area contributed by atoms with Gasteiger partial charge in [0.15, 0.2) is 12.4 Å². The maximum atomic E-state index is 12.1. The predicted octanol–water partition coefficient (Wildman–Crippen LogP) is 2.71. The van der Waals surface area contributed by atoms with Crippen molar-refractivity contribution in [2.24, 2.45) is 0 Å². The highest BCUT2D eigenvalue weighted by atomic mass is 32.2. The third-order valence-corrected chi connectivity index (χ3v) is 3.91. The van der Waals surface area contributed by atoms with E-state index in [1.807, 2.05) is 19.9 Å². The Labute approximate surface area is 146 Å². The molecular formula is C18H19NO5S. The summed E-state index contributed by atoms with van der Waals surface area (Å²) in [5.41, 5.74) is 2.95. The Morgan fingerprint density at radius 3 is 2.04 bits per heavy atom. The number of carbonyl (C=O) groups is 2. The second kappa shape index (κ2) is 7.48. The first kappa shape index (κ1) is 18.7. The number of ketones is 1. The van der Waals surface area contributed by atoms with Gasteiger partial charge in [0.25, 0.3) is 0 Å². The summed E-state index contributed by atoms with van der Waals surface area (Å²) in [6, 6.07) is 11.2. The van der Waals surface area contributed by atoms with Crippen molar-refractivity contribution in [2.45, 2.75) is 13.8 Å². The van der Waals surface area contributed by atoms with Gasteiger partial charge in [-0.3, -0.25) is 9.52 Å². The summed E-state index contributed by atoms with van der Waals surface area (Å²) in [5, 5.41) is 0. The van der Waals surface area contributed by atoms with E-state index < -0.39 is 16.0 Å². The second-order valence-corrected chi connectivity index (χ2v) is 7.58. The van der Waals surface area contributed by atoms with Crippen molar-refractivity contribution in [3.63, 3.8) is 0 Å². The fourth-order valence-corrected chi connectivity index (χ4v) is 2.89. The largest absolute Gasteiger partial charge is 0.454 e. The van der Waals surface area contributed by atoms with E-state index in [-0.39, 0.29) is 12.4 Å². The maximum Gasteiger partial charge on any atom is 0.338 e. The lowest BCUT2D eigenvalue weighted by Gasteiger charge is -2.07. The van der Waals surface area contributed by atoms with Crippen LogP contribution in [0.15, 0.2) is 42.5 Å². The minimum atomic E-state index is -3.37. The molecule has 0 fully saturated rings. The summed E-state index contributed by atoms with van der Waals surface area (Å²) in [6.45, 7) is 3.37. The molecule has 0 bridgehead atoms. The van der Waals surface area contributed by atoms with Gasteiger partial charge in [-0.1, -0.05) is 17.2 Å². The molecule has 2 aromatic carbocycles. The van der Waals surface area contributed by atoms with Crippen LogP contribution in [0.4, 0.5) is 5.69 Å². The van der Waals surface area contributed by atoms with Crippen molar-refractivity contribution in [3.8, 4) is 0 Å².